The minimum absolute atomic E-state index is 0. The smallest absolute Gasteiger partial charge is 0.214 e. The molecule has 1 aliphatic heterocycles. The molecule has 0 saturated carbocycles. The summed E-state index contributed by atoms with van der Waals surface area (Å²) in [5.74, 6) is 2.13. The third-order valence-corrected chi connectivity index (χ3v) is 4.04. The van der Waals surface area contributed by atoms with E-state index in [1.807, 2.05) is 12.1 Å². The number of ether oxygens (including phenoxy) is 1. The molecule has 1 aromatic carbocycles. The summed E-state index contributed by atoms with van der Waals surface area (Å²) in [5.41, 5.74) is 2.25. The Balaban J connectivity index is 0.00000225. The molecule has 2 heterocycles. The Morgan fingerprint density at radius 2 is 2.08 bits per heavy atom. The number of hydrogen-bond acceptors (Lipinski definition) is 4. The van der Waals surface area contributed by atoms with Crippen LogP contribution < -0.4 is 10.6 Å². The quantitative estimate of drug-likeness (QED) is 0.411. The van der Waals surface area contributed by atoms with E-state index in [4.69, 9.17) is 9.15 Å². The van der Waals surface area contributed by atoms with E-state index in [1.165, 1.54) is 5.56 Å². The Bertz CT molecular complexity index is 679. The van der Waals surface area contributed by atoms with Crippen LogP contribution in [0.5, 0.6) is 0 Å². The second-order valence-electron chi connectivity index (χ2n) is 5.93. The highest BCUT2D eigenvalue weighted by Crippen LogP contribution is 2.20. The van der Waals surface area contributed by atoms with Gasteiger partial charge in [0, 0.05) is 25.8 Å². The van der Waals surface area contributed by atoms with Crippen molar-refractivity contribution in [2.75, 3.05) is 20.2 Å². The number of hydrogen-bond donors (Lipinski definition) is 2. The standard InChI is InChI=1S/C18H24N4O2.HI/c1-13-5-7-14(8-6-13)16-11-20-17(24-16)12-22-18(19-2)21-10-15-4-3-9-23-15;/h5-8,11,15H,3-4,9-10,12H2,1-2H3,(H2,19,21,22);1H. The van der Waals surface area contributed by atoms with Crippen molar-refractivity contribution in [3.8, 4) is 11.3 Å². The van der Waals surface area contributed by atoms with Crippen LogP contribution in [-0.2, 0) is 11.3 Å². The van der Waals surface area contributed by atoms with Crippen LogP contribution in [0.3, 0.4) is 0 Å². The first-order chi connectivity index (χ1) is 11.7. The molecule has 0 aliphatic carbocycles. The number of aryl methyl sites for hydroxylation is 1. The van der Waals surface area contributed by atoms with Gasteiger partial charge in [0.05, 0.1) is 18.8 Å². The molecular weight excluding hydrogens is 431 g/mol. The van der Waals surface area contributed by atoms with Crippen molar-refractivity contribution in [1.29, 1.82) is 0 Å². The number of aromatic nitrogens is 1. The van der Waals surface area contributed by atoms with Gasteiger partial charge in [-0.15, -0.1) is 24.0 Å². The molecule has 1 fully saturated rings. The van der Waals surface area contributed by atoms with Gasteiger partial charge in [-0.05, 0) is 19.8 Å². The monoisotopic (exact) mass is 456 g/mol. The first-order valence-corrected chi connectivity index (χ1v) is 8.32. The molecule has 1 aromatic heterocycles. The van der Waals surface area contributed by atoms with Gasteiger partial charge in [0.2, 0.25) is 5.89 Å². The van der Waals surface area contributed by atoms with E-state index >= 15 is 0 Å². The van der Waals surface area contributed by atoms with Crippen LogP contribution in [0.25, 0.3) is 11.3 Å². The van der Waals surface area contributed by atoms with Crippen LogP contribution >= 0.6 is 24.0 Å². The largest absolute Gasteiger partial charge is 0.439 e. The van der Waals surface area contributed by atoms with Gasteiger partial charge >= 0.3 is 0 Å². The van der Waals surface area contributed by atoms with Gasteiger partial charge in [-0.25, -0.2) is 4.98 Å². The number of nitrogens with one attached hydrogen (secondary N) is 2. The van der Waals surface area contributed by atoms with E-state index in [9.17, 15) is 0 Å². The van der Waals surface area contributed by atoms with E-state index in [2.05, 4.69) is 39.7 Å². The fourth-order valence-electron chi connectivity index (χ4n) is 2.64. The lowest BCUT2D eigenvalue weighted by Crippen LogP contribution is -2.40. The van der Waals surface area contributed by atoms with E-state index in [1.54, 1.807) is 13.2 Å². The summed E-state index contributed by atoms with van der Waals surface area (Å²) < 4.78 is 11.4. The summed E-state index contributed by atoms with van der Waals surface area (Å²) in [6.45, 7) is 4.17. The molecule has 0 spiro atoms. The highest BCUT2D eigenvalue weighted by molar-refractivity contribution is 14.0. The summed E-state index contributed by atoms with van der Waals surface area (Å²) in [7, 11) is 1.75. The second kappa shape index (κ2) is 9.76. The lowest BCUT2D eigenvalue weighted by molar-refractivity contribution is 0.114. The lowest BCUT2D eigenvalue weighted by Gasteiger charge is -2.14. The van der Waals surface area contributed by atoms with Crippen LogP contribution in [0.2, 0.25) is 0 Å². The maximum atomic E-state index is 5.80. The molecule has 6 nitrogen and oxygen atoms in total. The average Bonchev–Trinajstić information content (AvgIpc) is 3.27. The molecule has 0 bridgehead atoms. The lowest BCUT2D eigenvalue weighted by atomic mass is 10.1. The first-order valence-electron chi connectivity index (χ1n) is 8.32. The van der Waals surface area contributed by atoms with Crippen LogP contribution in [0, 0.1) is 6.92 Å². The summed E-state index contributed by atoms with van der Waals surface area (Å²) in [5, 5.41) is 6.48. The predicted molar refractivity (Wildman–Crippen MR) is 109 cm³/mol. The maximum Gasteiger partial charge on any atom is 0.214 e. The van der Waals surface area contributed by atoms with Gasteiger partial charge in [0.25, 0.3) is 0 Å². The number of nitrogens with zero attached hydrogens (tertiary/aromatic N) is 2. The molecule has 1 aliphatic rings. The number of aliphatic imine (C=N–C) groups is 1. The van der Waals surface area contributed by atoms with Crippen molar-refractivity contribution in [2.45, 2.75) is 32.4 Å². The van der Waals surface area contributed by atoms with Crippen molar-refractivity contribution in [1.82, 2.24) is 15.6 Å². The van der Waals surface area contributed by atoms with Crippen molar-refractivity contribution < 1.29 is 9.15 Å². The van der Waals surface area contributed by atoms with Crippen LogP contribution in [0.4, 0.5) is 0 Å². The third-order valence-electron chi connectivity index (χ3n) is 4.04. The maximum absolute atomic E-state index is 5.80. The first kappa shape index (κ1) is 19.7. The Hall–Kier alpha value is -1.61. The van der Waals surface area contributed by atoms with E-state index in [-0.39, 0.29) is 30.1 Å². The summed E-state index contributed by atoms with van der Waals surface area (Å²) >= 11 is 0. The van der Waals surface area contributed by atoms with E-state index in [0.717, 1.165) is 43.3 Å². The topological polar surface area (TPSA) is 71.7 Å². The molecule has 7 heteroatoms. The molecule has 136 valence electrons. The number of benzene rings is 1. The van der Waals surface area contributed by atoms with E-state index < -0.39 is 0 Å². The Morgan fingerprint density at radius 3 is 2.76 bits per heavy atom. The normalized spacial score (nSPS) is 17.2. The minimum Gasteiger partial charge on any atom is -0.439 e. The number of rotatable bonds is 5. The molecule has 1 unspecified atom stereocenters. The highest BCUT2D eigenvalue weighted by Gasteiger charge is 2.15. The minimum atomic E-state index is 0. The Labute approximate surface area is 165 Å². The van der Waals surface area contributed by atoms with Crippen molar-refractivity contribution in [3.63, 3.8) is 0 Å². The number of guanidine groups is 1. The number of oxazole rings is 1. The highest BCUT2D eigenvalue weighted by atomic mass is 127. The van der Waals surface area contributed by atoms with E-state index in [0.29, 0.717) is 12.4 Å². The zero-order chi connectivity index (χ0) is 16.8. The molecular formula is C18H25IN4O2. The van der Waals surface area contributed by atoms with Gasteiger partial charge in [-0.2, -0.15) is 0 Å². The molecule has 2 aromatic rings. The zero-order valence-electron chi connectivity index (χ0n) is 14.6. The van der Waals surface area contributed by atoms with Crippen LogP contribution in [0.15, 0.2) is 39.9 Å². The zero-order valence-corrected chi connectivity index (χ0v) is 16.9. The Morgan fingerprint density at radius 1 is 1.28 bits per heavy atom. The molecule has 1 saturated heterocycles. The molecule has 2 N–H and O–H groups in total. The fourth-order valence-corrected chi connectivity index (χ4v) is 2.64. The molecule has 25 heavy (non-hydrogen) atoms. The summed E-state index contributed by atoms with van der Waals surface area (Å²) in [6, 6.07) is 8.20. The number of halogens is 1. The molecule has 1 atom stereocenters. The SMILES string of the molecule is CN=C(NCc1ncc(-c2ccc(C)cc2)o1)NCC1CCCO1.I. The molecule has 3 rings (SSSR count). The average molecular weight is 456 g/mol. The van der Waals surface area contributed by atoms with Crippen molar-refractivity contribution in [2.24, 2.45) is 4.99 Å². The van der Waals surface area contributed by atoms with Crippen molar-refractivity contribution in [3.05, 3.63) is 41.9 Å². The van der Waals surface area contributed by atoms with Gasteiger partial charge < -0.3 is 19.8 Å². The molecule has 0 amide bonds. The predicted octanol–water partition coefficient (Wildman–Crippen LogP) is 3.11. The summed E-state index contributed by atoms with van der Waals surface area (Å²) in [4.78, 5) is 8.53. The van der Waals surface area contributed by atoms with Gasteiger partial charge in [0.1, 0.15) is 0 Å². The Kier molecular flexibility index (Phi) is 7.70. The van der Waals surface area contributed by atoms with Crippen LogP contribution in [-0.4, -0.2) is 37.2 Å². The molecule has 0 radical (unpaired) electrons. The van der Waals surface area contributed by atoms with Crippen LogP contribution in [0.1, 0.15) is 24.3 Å². The fraction of sp³-hybridized carbons (Fsp3) is 0.444. The second-order valence-corrected chi connectivity index (χ2v) is 5.93. The third kappa shape index (κ3) is 5.71. The van der Waals surface area contributed by atoms with Gasteiger partial charge in [0.15, 0.2) is 11.7 Å². The van der Waals surface area contributed by atoms with Gasteiger partial charge in [-0.1, -0.05) is 29.8 Å². The summed E-state index contributed by atoms with van der Waals surface area (Å²) in [6.07, 6.45) is 4.27. The van der Waals surface area contributed by atoms with Crippen molar-refractivity contribution >= 4 is 29.9 Å². The van der Waals surface area contributed by atoms with Gasteiger partial charge in [-0.3, -0.25) is 4.99 Å².